The van der Waals surface area contributed by atoms with E-state index >= 15 is 0 Å². The van der Waals surface area contributed by atoms with Crippen LogP contribution in [0.4, 0.5) is 11.5 Å². The van der Waals surface area contributed by atoms with Crippen molar-refractivity contribution in [3.05, 3.63) is 64.6 Å². The van der Waals surface area contributed by atoms with Gasteiger partial charge in [0.05, 0.1) is 20.6 Å². The van der Waals surface area contributed by atoms with Crippen molar-refractivity contribution in [1.29, 1.82) is 0 Å². The minimum Gasteiger partial charge on any atom is -0.355 e. The predicted molar refractivity (Wildman–Crippen MR) is 121 cm³/mol. The summed E-state index contributed by atoms with van der Waals surface area (Å²) in [6, 6.07) is 15.1. The van der Waals surface area contributed by atoms with Crippen molar-refractivity contribution in [3.63, 3.8) is 0 Å². The maximum Gasteiger partial charge on any atom is 0.261 e. The highest BCUT2D eigenvalue weighted by atomic mass is 35.5. The van der Waals surface area contributed by atoms with Gasteiger partial charge in [-0.05, 0) is 61.7 Å². The Kier molecular flexibility index (Phi) is 6.13. The molecule has 0 unspecified atom stereocenters. The molecule has 1 fully saturated rings. The van der Waals surface area contributed by atoms with Crippen molar-refractivity contribution in [3.8, 4) is 11.3 Å². The first kappa shape index (κ1) is 20.9. The molecule has 1 aromatic heterocycles. The Hall–Kier alpha value is -2.35. The second-order valence-corrected chi connectivity index (χ2v) is 9.58. The highest BCUT2D eigenvalue weighted by Gasteiger charge is 2.16. The number of hydrogen-bond donors (Lipinski definition) is 1. The highest BCUT2D eigenvalue weighted by molar-refractivity contribution is 7.92. The molecule has 6 nitrogen and oxygen atoms in total. The van der Waals surface area contributed by atoms with Crippen LogP contribution < -0.4 is 9.62 Å². The fourth-order valence-electron chi connectivity index (χ4n) is 3.34. The standard InChI is InChI=1S/C21H20Cl2N4O2S/c22-18-9-8-17(14-19(18)23)30(28,29)26-16-6-4-15(5-7-16)20-10-11-21(25-24-20)27-12-2-1-3-13-27/h4-11,14,26H,1-3,12-13H2. The van der Waals surface area contributed by atoms with Gasteiger partial charge in [0, 0.05) is 24.3 Å². The molecule has 3 aromatic rings. The zero-order chi connectivity index (χ0) is 21.1. The number of rotatable bonds is 5. The van der Waals surface area contributed by atoms with Crippen LogP contribution in [0, 0.1) is 0 Å². The van der Waals surface area contributed by atoms with E-state index in [9.17, 15) is 8.42 Å². The normalized spacial score (nSPS) is 14.5. The topological polar surface area (TPSA) is 75.2 Å². The van der Waals surface area contributed by atoms with Gasteiger partial charge in [-0.2, -0.15) is 0 Å². The molecule has 2 heterocycles. The van der Waals surface area contributed by atoms with Crippen LogP contribution in [0.1, 0.15) is 19.3 Å². The Bertz CT molecular complexity index is 1130. The van der Waals surface area contributed by atoms with Crippen LogP contribution in [0.3, 0.4) is 0 Å². The third-order valence-corrected chi connectivity index (χ3v) is 7.08. The lowest BCUT2D eigenvalue weighted by atomic mass is 10.1. The van der Waals surface area contributed by atoms with Gasteiger partial charge in [0.25, 0.3) is 10.0 Å². The fourth-order valence-corrected chi connectivity index (χ4v) is 4.79. The lowest BCUT2D eigenvalue weighted by Gasteiger charge is -2.27. The number of halogens is 2. The molecule has 0 radical (unpaired) electrons. The van der Waals surface area contributed by atoms with Crippen molar-refractivity contribution in [2.75, 3.05) is 22.7 Å². The second-order valence-electron chi connectivity index (χ2n) is 7.08. The molecule has 1 N–H and O–H groups in total. The van der Waals surface area contributed by atoms with E-state index in [1.54, 1.807) is 24.3 Å². The van der Waals surface area contributed by atoms with Gasteiger partial charge in [-0.3, -0.25) is 4.72 Å². The zero-order valence-electron chi connectivity index (χ0n) is 16.1. The van der Waals surface area contributed by atoms with E-state index in [4.69, 9.17) is 23.2 Å². The van der Waals surface area contributed by atoms with Crippen LogP contribution in [0.5, 0.6) is 0 Å². The minimum absolute atomic E-state index is 0.0418. The maximum atomic E-state index is 12.6. The molecule has 4 rings (SSSR count). The van der Waals surface area contributed by atoms with Gasteiger partial charge in [-0.1, -0.05) is 35.3 Å². The zero-order valence-corrected chi connectivity index (χ0v) is 18.4. The molecule has 156 valence electrons. The summed E-state index contributed by atoms with van der Waals surface area (Å²) in [6.45, 7) is 2.03. The molecule has 9 heteroatoms. The Balaban J connectivity index is 1.48. The van der Waals surface area contributed by atoms with E-state index in [0.717, 1.165) is 30.2 Å². The lowest BCUT2D eigenvalue weighted by molar-refractivity contribution is 0.571. The SMILES string of the molecule is O=S(=O)(Nc1ccc(-c2ccc(N3CCCCC3)nn2)cc1)c1ccc(Cl)c(Cl)c1. The molecule has 0 saturated carbocycles. The number of nitrogens with one attached hydrogen (secondary N) is 1. The lowest BCUT2D eigenvalue weighted by Crippen LogP contribution is -2.30. The van der Waals surface area contributed by atoms with Gasteiger partial charge in [-0.15, -0.1) is 10.2 Å². The Morgan fingerprint density at radius 2 is 1.57 bits per heavy atom. The number of anilines is 2. The maximum absolute atomic E-state index is 12.6. The van der Waals surface area contributed by atoms with Crippen molar-refractivity contribution in [2.24, 2.45) is 0 Å². The van der Waals surface area contributed by atoms with Crippen molar-refractivity contribution in [1.82, 2.24) is 10.2 Å². The number of nitrogens with zero attached hydrogens (tertiary/aromatic N) is 3. The molecule has 0 spiro atoms. The van der Waals surface area contributed by atoms with Gasteiger partial charge in [0.2, 0.25) is 0 Å². The molecule has 0 aliphatic carbocycles. The number of hydrogen-bond acceptors (Lipinski definition) is 5. The quantitative estimate of drug-likeness (QED) is 0.560. The van der Waals surface area contributed by atoms with Crippen molar-refractivity contribution < 1.29 is 8.42 Å². The summed E-state index contributed by atoms with van der Waals surface area (Å²) < 4.78 is 27.7. The summed E-state index contributed by atoms with van der Waals surface area (Å²) in [6.07, 6.45) is 3.63. The minimum atomic E-state index is -3.77. The summed E-state index contributed by atoms with van der Waals surface area (Å²) >= 11 is 11.8. The largest absolute Gasteiger partial charge is 0.355 e. The molecule has 0 bridgehead atoms. The van der Waals surface area contributed by atoms with Crippen LogP contribution >= 0.6 is 23.2 Å². The number of benzene rings is 2. The van der Waals surface area contributed by atoms with Gasteiger partial charge >= 0.3 is 0 Å². The van der Waals surface area contributed by atoms with Crippen LogP contribution in [0.25, 0.3) is 11.3 Å². The van der Waals surface area contributed by atoms with Crippen LogP contribution in [0.2, 0.25) is 10.0 Å². The average Bonchev–Trinajstić information content (AvgIpc) is 2.77. The Morgan fingerprint density at radius 1 is 0.833 bits per heavy atom. The Morgan fingerprint density at radius 3 is 2.20 bits per heavy atom. The van der Waals surface area contributed by atoms with Crippen LogP contribution in [0.15, 0.2) is 59.5 Å². The van der Waals surface area contributed by atoms with Gasteiger partial charge in [0.1, 0.15) is 0 Å². The molecular weight excluding hydrogens is 443 g/mol. The second kappa shape index (κ2) is 8.79. The highest BCUT2D eigenvalue weighted by Crippen LogP contribution is 2.27. The number of sulfonamides is 1. The number of piperidine rings is 1. The molecule has 2 aromatic carbocycles. The van der Waals surface area contributed by atoms with E-state index in [1.165, 1.54) is 37.5 Å². The van der Waals surface area contributed by atoms with E-state index in [0.29, 0.717) is 10.7 Å². The van der Waals surface area contributed by atoms with Crippen LogP contribution in [-0.4, -0.2) is 31.7 Å². The van der Waals surface area contributed by atoms with Crippen molar-refractivity contribution >= 4 is 44.7 Å². The van der Waals surface area contributed by atoms with Gasteiger partial charge in [-0.25, -0.2) is 8.42 Å². The molecule has 0 atom stereocenters. The average molecular weight is 463 g/mol. The fraction of sp³-hybridized carbons (Fsp3) is 0.238. The summed E-state index contributed by atoms with van der Waals surface area (Å²) in [4.78, 5) is 2.29. The summed E-state index contributed by atoms with van der Waals surface area (Å²) in [5.74, 6) is 0.893. The molecule has 30 heavy (non-hydrogen) atoms. The molecule has 1 aliphatic rings. The van der Waals surface area contributed by atoms with E-state index < -0.39 is 10.0 Å². The predicted octanol–water partition coefficient (Wildman–Crippen LogP) is 5.24. The first-order valence-electron chi connectivity index (χ1n) is 9.59. The third kappa shape index (κ3) is 4.69. The molecule has 1 aliphatic heterocycles. The van der Waals surface area contributed by atoms with Gasteiger partial charge < -0.3 is 4.90 Å². The molecule has 0 amide bonds. The summed E-state index contributed by atoms with van der Waals surface area (Å²) in [5, 5.41) is 9.17. The van der Waals surface area contributed by atoms with E-state index in [1.807, 2.05) is 12.1 Å². The third-order valence-electron chi connectivity index (χ3n) is 4.96. The first-order valence-corrected chi connectivity index (χ1v) is 11.8. The Labute approximate surface area is 185 Å². The smallest absolute Gasteiger partial charge is 0.261 e. The molecular formula is C21H20Cl2N4O2S. The first-order chi connectivity index (χ1) is 14.4. The monoisotopic (exact) mass is 462 g/mol. The van der Waals surface area contributed by atoms with E-state index in [2.05, 4.69) is 19.8 Å². The van der Waals surface area contributed by atoms with Gasteiger partial charge in [0.15, 0.2) is 5.82 Å². The summed E-state index contributed by atoms with van der Waals surface area (Å²) in [7, 11) is -3.77. The molecule has 1 saturated heterocycles. The summed E-state index contributed by atoms with van der Waals surface area (Å²) in [5.41, 5.74) is 2.02. The van der Waals surface area contributed by atoms with Crippen LogP contribution in [-0.2, 0) is 10.0 Å². The number of aromatic nitrogens is 2. The van der Waals surface area contributed by atoms with E-state index in [-0.39, 0.29) is 9.92 Å². The van der Waals surface area contributed by atoms with Crippen molar-refractivity contribution in [2.45, 2.75) is 24.2 Å².